The molecule has 0 saturated carbocycles. The number of hydrogen-bond acceptors (Lipinski definition) is 4. The first-order valence-corrected chi connectivity index (χ1v) is 11.5. The van der Waals surface area contributed by atoms with Crippen molar-refractivity contribution >= 4 is 34.3 Å². The van der Waals surface area contributed by atoms with E-state index in [9.17, 15) is 0 Å². The molecule has 29 heavy (non-hydrogen) atoms. The van der Waals surface area contributed by atoms with Gasteiger partial charge in [0.2, 0.25) is 0 Å². The van der Waals surface area contributed by atoms with E-state index in [1.807, 2.05) is 17.8 Å². The summed E-state index contributed by atoms with van der Waals surface area (Å²) < 4.78 is 8.72. The van der Waals surface area contributed by atoms with Crippen molar-refractivity contribution in [3.63, 3.8) is 0 Å². The fourth-order valence-electron chi connectivity index (χ4n) is 4.57. The Balaban J connectivity index is 1.57. The SMILES string of the molecule is Cc1c(Sc2ccccc2)c2cc(Cl)cc3c2n1C(CC1CNCCCN1)CO3. The average Bonchev–Trinajstić information content (AvgIpc) is 2.89. The van der Waals surface area contributed by atoms with Crippen LogP contribution in [0.2, 0.25) is 5.02 Å². The molecular weight excluding hydrogens is 402 g/mol. The standard InChI is InChI=1S/C23H26ClN3OS/c1-15-23(29-19-6-3-2-4-7-19)20-10-16(24)11-21-22(20)27(15)18(14-28-21)12-17-13-25-8-5-9-26-17/h2-4,6-7,10-11,17-18,25-26H,5,8-9,12-14H2,1H3. The Hall–Kier alpha value is -1.66. The van der Waals surface area contributed by atoms with Crippen molar-refractivity contribution in [1.29, 1.82) is 0 Å². The third-order valence-electron chi connectivity index (χ3n) is 5.89. The zero-order valence-corrected chi connectivity index (χ0v) is 18.2. The Bertz CT molecular complexity index is 1010. The zero-order chi connectivity index (χ0) is 19.8. The first kappa shape index (κ1) is 19.3. The van der Waals surface area contributed by atoms with E-state index in [0.29, 0.717) is 18.7 Å². The molecule has 4 nitrogen and oxygen atoms in total. The van der Waals surface area contributed by atoms with Gasteiger partial charge in [-0.25, -0.2) is 0 Å². The molecule has 2 aromatic carbocycles. The van der Waals surface area contributed by atoms with Gasteiger partial charge in [-0.05, 0) is 51.1 Å². The summed E-state index contributed by atoms with van der Waals surface area (Å²) in [5.41, 5.74) is 2.48. The molecule has 0 amide bonds. The lowest BCUT2D eigenvalue weighted by atomic mass is 10.1. The number of ether oxygens (including phenoxy) is 1. The van der Waals surface area contributed by atoms with E-state index in [4.69, 9.17) is 16.3 Å². The molecule has 6 heteroatoms. The van der Waals surface area contributed by atoms with Crippen LogP contribution in [-0.4, -0.2) is 36.9 Å². The lowest BCUT2D eigenvalue weighted by molar-refractivity contribution is 0.214. The highest BCUT2D eigenvalue weighted by atomic mass is 35.5. The molecule has 1 fully saturated rings. The largest absolute Gasteiger partial charge is 0.489 e. The molecule has 1 aromatic heterocycles. The highest BCUT2D eigenvalue weighted by molar-refractivity contribution is 7.99. The van der Waals surface area contributed by atoms with Crippen LogP contribution in [0.3, 0.4) is 0 Å². The summed E-state index contributed by atoms with van der Waals surface area (Å²) in [6.07, 6.45) is 2.23. The van der Waals surface area contributed by atoms with Crippen LogP contribution in [0.5, 0.6) is 5.75 Å². The first-order chi connectivity index (χ1) is 14.2. The molecule has 0 radical (unpaired) electrons. The van der Waals surface area contributed by atoms with Crippen molar-refractivity contribution in [3.05, 3.63) is 53.2 Å². The minimum absolute atomic E-state index is 0.314. The third-order valence-corrected chi connectivity index (χ3v) is 7.33. The number of benzene rings is 2. The fraction of sp³-hybridized carbons (Fsp3) is 0.391. The normalized spacial score (nSPS) is 21.7. The molecule has 2 aliphatic heterocycles. The van der Waals surface area contributed by atoms with Gasteiger partial charge in [0.15, 0.2) is 0 Å². The molecule has 152 valence electrons. The smallest absolute Gasteiger partial charge is 0.145 e. The fourth-order valence-corrected chi connectivity index (χ4v) is 5.82. The van der Waals surface area contributed by atoms with E-state index >= 15 is 0 Å². The predicted molar refractivity (Wildman–Crippen MR) is 121 cm³/mol. The van der Waals surface area contributed by atoms with E-state index in [2.05, 4.69) is 58.5 Å². The Labute approximate surface area is 181 Å². The summed E-state index contributed by atoms with van der Waals surface area (Å²) in [5.74, 6) is 0.902. The number of hydrogen-bond donors (Lipinski definition) is 2. The van der Waals surface area contributed by atoms with E-state index in [0.717, 1.165) is 36.8 Å². The van der Waals surface area contributed by atoms with Gasteiger partial charge in [-0.15, -0.1) is 0 Å². The van der Waals surface area contributed by atoms with Gasteiger partial charge < -0.3 is 19.9 Å². The van der Waals surface area contributed by atoms with Gasteiger partial charge in [-0.1, -0.05) is 41.6 Å². The minimum atomic E-state index is 0.314. The number of aromatic nitrogens is 1. The van der Waals surface area contributed by atoms with Gasteiger partial charge in [-0.3, -0.25) is 0 Å². The Kier molecular flexibility index (Phi) is 5.48. The number of halogens is 1. The van der Waals surface area contributed by atoms with Crippen LogP contribution in [0.1, 0.15) is 24.6 Å². The van der Waals surface area contributed by atoms with Gasteiger partial charge >= 0.3 is 0 Å². The van der Waals surface area contributed by atoms with Crippen LogP contribution < -0.4 is 15.4 Å². The molecule has 3 aromatic rings. The van der Waals surface area contributed by atoms with Crippen molar-refractivity contribution in [1.82, 2.24) is 15.2 Å². The van der Waals surface area contributed by atoms with Crippen LogP contribution in [0.15, 0.2) is 52.3 Å². The Morgan fingerprint density at radius 2 is 2.07 bits per heavy atom. The van der Waals surface area contributed by atoms with E-state index in [-0.39, 0.29) is 0 Å². The monoisotopic (exact) mass is 427 g/mol. The molecule has 2 atom stereocenters. The molecule has 2 N–H and O–H groups in total. The quantitative estimate of drug-likeness (QED) is 0.612. The zero-order valence-electron chi connectivity index (χ0n) is 16.6. The van der Waals surface area contributed by atoms with Crippen molar-refractivity contribution in [2.24, 2.45) is 0 Å². The van der Waals surface area contributed by atoms with Gasteiger partial charge in [0.1, 0.15) is 12.4 Å². The molecule has 0 bridgehead atoms. The summed E-state index contributed by atoms with van der Waals surface area (Å²) in [6, 6.07) is 15.4. The lowest BCUT2D eigenvalue weighted by Crippen LogP contribution is -2.39. The lowest BCUT2D eigenvalue weighted by Gasteiger charge is -2.30. The number of nitrogens with zero attached hydrogens (tertiary/aromatic N) is 1. The van der Waals surface area contributed by atoms with Crippen LogP contribution >= 0.6 is 23.4 Å². The maximum Gasteiger partial charge on any atom is 0.145 e. The highest BCUT2D eigenvalue weighted by Gasteiger charge is 2.30. The van der Waals surface area contributed by atoms with Crippen molar-refractivity contribution in [2.75, 3.05) is 26.2 Å². The molecule has 0 spiro atoms. The second kappa shape index (κ2) is 8.23. The first-order valence-electron chi connectivity index (χ1n) is 10.3. The Morgan fingerprint density at radius 3 is 2.93 bits per heavy atom. The highest BCUT2D eigenvalue weighted by Crippen LogP contribution is 2.46. The second-order valence-corrected chi connectivity index (χ2v) is 9.43. The molecule has 2 unspecified atom stereocenters. The van der Waals surface area contributed by atoms with E-state index < -0.39 is 0 Å². The molecule has 1 saturated heterocycles. The van der Waals surface area contributed by atoms with Gasteiger partial charge in [-0.2, -0.15) is 0 Å². The molecule has 2 aliphatic rings. The summed E-state index contributed by atoms with van der Waals surface area (Å²) in [4.78, 5) is 2.51. The number of rotatable bonds is 4. The maximum absolute atomic E-state index is 6.46. The summed E-state index contributed by atoms with van der Waals surface area (Å²) >= 11 is 8.27. The van der Waals surface area contributed by atoms with Crippen molar-refractivity contribution < 1.29 is 4.74 Å². The number of nitrogens with one attached hydrogen (secondary N) is 2. The van der Waals surface area contributed by atoms with Crippen molar-refractivity contribution in [3.8, 4) is 5.75 Å². The van der Waals surface area contributed by atoms with Crippen molar-refractivity contribution in [2.45, 2.75) is 41.6 Å². The van der Waals surface area contributed by atoms with E-state index in [1.54, 1.807) is 0 Å². The molecule has 0 aliphatic carbocycles. The molecule has 3 heterocycles. The predicted octanol–water partition coefficient (Wildman–Crippen LogP) is 5.03. The van der Waals surface area contributed by atoms with Crippen LogP contribution in [0.4, 0.5) is 0 Å². The Morgan fingerprint density at radius 1 is 1.21 bits per heavy atom. The van der Waals surface area contributed by atoms with Gasteiger partial charge in [0.25, 0.3) is 0 Å². The minimum Gasteiger partial charge on any atom is -0.489 e. The second-order valence-electron chi connectivity index (χ2n) is 7.91. The van der Waals surface area contributed by atoms with Gasteiger partial charge in [0, 0.05) is 44.5 Å². The van der Waals surface area contributed by atoms with Gasteiger partial charge in [0.05, 0.1) is 11.6 Å². The summed E-state index contributed by atoms with van der Waals surface area (Å²) in [5, 5.41) is 9.18. The van der Waals surface area contributed by atoms with Crippen LogP contribution in [0.25, 0.3) is 10.9 Å². The average molecular weight is 428 g/mol. The van der Waals surface area contributed by atoms with Crippen LogP contribution in [-0.2, 0) is 0 Å². The maximum atomic E-state index is 6.46. The summed E-state index contributed by atoms with van der Waals surface area (Å²) in [7, 11) is 0. The summed E-state index contributed by atoms with van der Waals surface area (Å²) in [6.45, 7) is 6.11. The van der Waals surface area contributed by atoms with Crippen LogP contribution in [0, 0.1) is 6.92 Å². The van der Waals surface area contributed by atoms with E-state index in [1.165, 1.54) is 32.8 Å². The topological polar surface area (TPSA) is 38.2 Å². The molecular formula is C23H26ClN3OS. The third kappa shape index (κ3) is 3.77. The molecule has 5 rings (SSSR count).